The van der Waals surface area contributed by atoms with Crippen molar-refractivity contribution in [2.24, 2.45) is 10.8 Å². The number of hydrogen-bond donors (Lipinski definition) is 1. The van der Waals surface area contributed by atoms with Gasteiger partial charge in [-0.15, -0.1) is 0 Å². The maximum atomic E-state index is 11.7. The molecule has 0 radical (unpaired) electrons. The number of aliphatic hydroxyl groups is 1. The number of fused-ring (bicyclic) bond motifs is 1. The predicted molar refractivity (Wildman–Crippen MR) is 124 cm³/mol. The van der Waals surface area contributed by atoms with E-state index in [4.69, 9.17) is 10.2 Å². The van der Waals surface area contributed by atoms with E-state index in [-0.39, 0.29) is 40.8 Å². The molecule has 1 N–H and O–H groups in total. The largest absolute Gasteiger partial charge is 1.00 e. The van der Waals surface area contributed by atoms with Crippen LogP contribution >= 0.6 is 0 Å². The molecule has 2 atom stereocenters. The van der Waals surface area contributed by atoms with Crippen LogP contribution in [0.5, 0.6) is 0 Å². The molecule has 0 spiro atoms. The van der Waals surface area contributed by atoms with Crippen molar-refractivity contribution in [3.63, 3.8) is 0 Å². The number of Topliss-reactive ketones (excluding diaryl/α,β-unsaturated/α-hetero) is 3. The molecular weight excluding hydrogens is 415 g/mol. The van der Waals surface area contributed by atoms with Gasteiger partial charge in [0.25, 0.3) is 0 Å². The number of ketones is 3. The van der Waals surface area contributed by atoms with Gasteiger partial charge in [0.15, 0.2) is 5.78 Å². The van der Waals surface area contributed by atoms with Gasteiger partial charge in [0.05, 0.1) is 0 Å². The first-order valence-corrected chi connectivity index (χ1v) is 11.9. The average Bonchev–Trinajstić information content (AvgIpc) is 2.80. The molecule has 0 aromatic carbocycles. The van der Waals surface area contributed by atoms with Crippen LogP contribution in [0.4, 0.5) is 0 Å². The smallest absolute Gasteiger partial charge is 0.857 e. The minimum Gasteiger partial charge on any atom is -0.857 e. The van der Waals surface area contributed by atoms with Gasteiger partial charge in [-0.1, -0.05) is 39.2 Å². The number of aliphatic hydroxyl groups excluding tert-OH is 1. The predicted octanol–water partition coefficient (Wildman–Crippen LogP) is 1.73. The molecule has 0 heterocycles. The van der Waals surface area contributed by atoms with Crippen LogP contribution in [0.25, 0.3) is 0 Å². The molecule has 6 heteroatoms. The van der Waals surface area contributed by atoms with E-state index in [0.29, 0.717) is 29.8 Å². The van der Waals surface area contributed by atoms with Crippen LogP contribution < -0.4 is 34.7 Å². The van der Waals surface area contributed by atoms with Gasteiger partial charge in [0.2, 0.25) is 0 Å². The fourth-order valence-electron chi connectivity index (χ4n) is 5.03. The Hall–Kier alpha value is -0.330. The summed E-state index contributed by atoms with van der Waals surface area (Å²) in [7, 11) is 1.75. The quantitative estimate of drug-likeness (QED) is 0.645. The summed E-state index contributed by atoms with van der Waals surface area (Å²) in [6.45, 7) is 8.28. The summed E-state index contributed by atoms with van der Waals surface area (Å²) in [5, 5.41) is 15.2. The Bertz CT molecular complexity index is 628. The number of carbonyl (C=O) groups is 3. The summed E-state index contributed by atoms with van der Waals surface area (Å²) >= 11 is 0. The molecule has 3 aliphatic rings. The molecular formula is C26H45NaO5. The third kappa shape index (κ3) is 9.89. The molecule has 180 valence electrons. The van der Waals surface area contributed by atoms with Crippen molar-refractivity contribution in [1.29, 1.82) is 0 Å². The standard InChI is InChI=1S/C12H20O2.C12H18O.CH4O.CH3O.Na/c1-3-10(13)7-9-12(2)8-5-4-6-11(12)14;1-9-10-5-3-4-7-12(10,2)8-6-11(9)13;2*1-2;/h3-9H2,1-2H3;3-8H2,1-2H3;2H,1H3;1H3;/q;;;-1;+1/t2*12-;;;/m00.../s1. The Labute approximate surface area is 218 Å². The number of carbonyl (C=O) groups excluding carboxylic acids is 3. The Morgan fingerprint density at radius 3 is 2.06 bits per heavy atom. The SMILES string of the molecule is CC1=C2CCCC[C@@]2(C)CCC1=O.CCC(=O)CC[C@]1(C)CCCCC1=O.CO.C[O-].[Na+]. The average molecular weight is 461 g/mol. The zero-order valence-electron chi connectivity index (χ0n) is 21.8. The Morgan fingerprint density at radius 2 is 1.50 bits per heavy atom. The van der Waals surface area contributed by atoms with Gasteiger partial charge >= 0.3 is 29.6 Å². The molecule has 0 bridgehead atoms. The summed E-state index contributed by atoms with van der Waals surface area (Å²) in [6.07, 6.45) is 12.8. The molecule has 0 aliphatic heterocycles. The number of rotatable bonds is 4. The summed E-state index contributed by atoms with van der Waals surface area (Å²) in [6, 6.07) is 0. The molecule has 0 saturated heterocycles. The van der Waals surface area contributed by atoms with E-state index < -0.39 is 0 Å². The van der Waals surface area contributed by atoms with E-state index >= 15 is 0 Å². The minimum atomic E-state index is -0.191. The van der Waals surface area contributed by atoms with E-state index in [1.807, 2.05) is 20.8 Å². The Kier molecular flexibility index (Phi) is 18.1. The van der Waals surface area contributed by atoms with E-state index in [1.165, 1.54) is 31.3 Å². The first-order chi connectivity index (χ1) is 14.7. The maximum Gasteiger partial charge on any atom is 1.00 e. The van der Waals surface area contributed by atoms with Crippen molar-refractivity contribution in [2.45, 2.75) is 111 Å². The van der Waals surface area contributed by atoms with Gasteiger partial charge in [-0.2, -0.15) is 7.11 Å². The fourth-order valence-corrected chi connectivity index (χ4v) is 5.03. The Balaban J connectivity index is 0. The molecule has 5 nitrogen and oxygen atoms in total. The van der Waals surface area contributed by atoms with Crippen molar-refractivity contribution >= 4 is 17.3 Å². The third-order valence-electron chi connectivity index (χ3n) is 7.31. The number of hydrogen-bond acceptors (Lipinski definition) is 5. The van der Waals surface area contributed by atoms with Crippen LogP contribution in [0.2, 0.25) is 0 Å². The van der Waals surface area contributed by atoms with Gasteiger partial charge < -0.3 is 10.2 Å². The molecule has 0 aromatic rings. The van der Waals surface area contributed by atoms with Gasteiger partial charge in [-0.25, -0.2) is 0 Å². The van der Waals surface area contributed by atoms with Gasteiger partial charge in [-0.3, -0.25) is 14.4 Å². The van der Waals surface area contributed by atoms with Crippen molar-refractivity contribution in [3.8, 4) is 0 Å². The molecule has 0 amide bonds. The topological polar surface area (TPSA) is 94.5 Å². The zero-order valence-corrected chi connectivity index (χ0v) is 23.8. The van der Waals surface area contributed by atoms with E-state index in [9.17, 15) is 14.4 Å². The fraction of sp³-hybridized carbons (Fsp3) is 0.808. The van der Waals surface area contributed by atoms with Crippen LogP contribution in [-0.4, -0.2) is 36.7 Å². The van der Waals surface area contributed by atoms with Crippen LogP contribution in [0.3, 0.4) is 0 Å². The molecule has 2 saturated carbocycles. The van der Waals surface area contributed by atoms with Crippen LogP contribution in [0, 0.1) is 10.8 Å². The van der Waals surface area contributed by atoms with Gasteiger partial charge in [0.1, 0.15) is 11.6 Å². The summed E-state index contributed by atoms with van der Waals surface area (Å²) in [5.74, 6) is 1.05. The van der Waals surface area contributed by atoms with E-state index in [0.717, 1.165) is 64.7 Å². The molecule has 0 aromatic heterocycles. The summed E-state index contributed by atoms with van der Waals surface area (Å²) in [5.41, 5.74) is 2.77. The molecule has 3 aliphatic carbocycles. The van der Waals surface area contributed by atoms with Crippen molar-refractivity contribution in [1.82, 2.24) is 0 Å². The first-order valence-electron chi connectivity index (χ1n) is 11.9. The second kappa shape index (κ2) is 17.2. The molecule has 3 rings (SSSR count). The van der Waals surface area contributed by atoms with Crippen molar-refractivity contribution in [2.75, 3.05) is 14.2 Å². The van der Waals surface area contributed by atoms with Gasteiger partial charge in [-0.05, 0) is 62.9 Å². The van der Waals surface area contributed by atoms with Gasteiger partial charge in [0, 0.05) is 38.2 Å². The maximum absolute atomic E-state index is 11.7. The second-order valence-corrected chi connectivity index (χ2v) is 9.38. The van der Waals surface area contributed by atoms with Crippen molar-refractivity contribution in [3.05, 3.63) is 11.1 Å². The zero-order chi connectivity index (χ0) is 24.1. The normalized spacial score (nSPS) is 26.6. The summed E-state index contributed by atoms with van der Waals surface area (Å²) in [4.78, 5) is 34.4. The molecule has 32 heavy (non-hydrogen) atoms. The van der Waals surface area contributed by atoms with Crippen molar-refractivity contribution < 1.29 is 54.2 Å². The van der Waals surface area contributed by atoms with Crippen LogP contribution in [0.1, 0.15) is 111 Å². The number of allylic oxidation sites excluding steroid dienone is 2. The third-order valence-corrected chi connectivity index (χ3v) is 7.31. The van der Waals surface area contributed by atoms with Crippen LogP contribution in [-0.2, 0) is 14.4 Å². The summed E-state index contributed by atoms with van der Waals surface area (Å²) < 4.78 is 0. The molecule has 0 unspecified atom stereocenters. The second-order valence-electron chi connectivity index (χ2n) is 9.38. The van der Waals surface area contributed by atoms with Crippen LogP contribution in [0.15, 0.2) is 11.1 Å². The molecule has 2 fully saturated rings. The monoisotopic (exact) mass is 460 g/mol. The van der Waals surface area contributed by atoms with E-state index in [2.05, 4.69) is 6.92 Å². The first kappa shape index (κ1) is 33.8. The minimum absolute atomic E-state index is 0. The Morgan fingerprint density at radius 1 is 0.938 bits per heavy atom. The van der Waals surface area contributed by atoms with E-state index in [1.54, 1.807) is 0 Å².